The maximum absolute atomic E-state index is 13.3. The number of nitrogens with two attached hydrogens (primary N) is 1. The smallest absolute Gasteiger partial charge is 0.481 e. The minimum Gasteiger partial charge on any atom is -0.481 e. The quantitative estimate of drug-likeness (QED) is 0.0968. The maximum atomic E-state index is 13.3. The van der Waals surface area contributed by atoms with E-state index in [2.05, 4.69) is 15.1 Å². The van der Waals surface area contributed by atoms with Gasteiger partial charge in [-0.3, -0.25) is 19.3 Å². The Hall–Kier alpha value is -2.86. The van der Waals surface area contributed by atoms with Crippen molar-refractivity contribution < 1.29 is 34.1 Å². The van der Waals surface area contributed by atoms with Crippen LogP contribution in [0.5, 0.6) is 0 Å². The number of thiazole rings is 1. The first-order valence-corrected chi connectivity index (χ1v) is 13.4. The zero-order chi connectivity index (χ0) is 25.1. The van der Waals surface area contributed by atoms with Gasteiger partial charge in [-0.1, -0.05) is 6.08 Å². The molecule has 186 valence electrons. The van der Waals surface area contributed by atoms with Crippen LogP contribution in [0.3, 0.4) is 0 Å². The fourth-order valence-electron chi connectivity index (χ4n) is 3.35. The molecule has 0 bridgehead atoms. The summed E-state index contributed by atoms with van der Waals surface area (Å²) in [5.74, 6) is -2.55. The largest absolute Gasteiger partial charge is 0.512 e. The molecule has 1 aromatic rings. The number of hydrogen-bond donors (Lipinski definition) is 5. The lowest BCUT2D eigenvalue weighted by Crippen LogP contribution is -2.66. The fourth-order valence-corrected chi connectivity index (χ4v) is 7.01. The molecule has 1 aromatic heterocycles. The summed E-state index contributed by atoms with van der Waals surface area (Å²) in [7, 11) is 0. The van der Waals surface area contributed by atoms with E-state index in [1.54, 1.807) is 21.4 Å². The fraction of sp³-hybridized carbons (Fsp3) is 0.278. The van der Waals surface area contributed by atoms with E-state index in [0.29, 0.717) is 5.75 Å². The summed E-state index contributed by atoms with van der Waals surface area (Å²) in [5, 5.41) is 23.1. The molecule has 1 saturated heterocycles. The average Bonchev–Trinajstić information content (AvgIpc) is 3.44. The summed E-state index contributed by atoms with van der Waals surface area (Å²) in [6.45, 7) is 0. The van der Waals surface area contributed by atoms with Crippen LogP contribution >= 0.6 is 47.0 Å². The number of nitrogens with zero attached hydrogens (tertiary/aromatic N) is 3. The van der Waals surface area contributed by atoms with Crippen LogP contribution in [0.1, 0.15) is 12.1 Å². The molecule has 13 nitrogen and oxygen atoms in total. The number of β-lactam (4-membered cyclic amide) rings is 1. The number of carboxylic acids is 1. The van der Waals surface area contributed by atoms with Crippen LogP contribution in [-0.4, -0.2) is 65.0 Å². The van der Waals surface area contributed by atoms with Crippen molar-refractivity contribution in [1.82, 2.24) is 24.4 Å². The summed E-state index contributed by atoms with van der Waals surface area (Å²) in [6, 6.07) is 0. The van der Waals surface area contributed by atoms with Gasteiger partial charge < -0.3 is 26.0 Å². The number of carboxylic acid groups (broad SMARTS) is 2. The number of hydrogen-bond acceptors (Lipinski definition) is 13. The number of rotatable bonds is 9. The number of ether oxygens (including phenoxy) is 1. The number of nitrogen functional groups attached to an aromatic ring is 1. The third kappa shape index (κ3) is 5.69. The van der Waals surface area contributed by atoms with Crippen molar-refractivity contribution in [2.24, 2.45) is 5.92 Å². The van der Waals surface area contributed by atoms with Gasteiger partial charge in [0.25, 0.3) is 5.91 Å². The lowest BCUT2D eigenvalue weighted by Gasteiger charge is -2.50. The van der Waals surface area contributed by atoms with E-state index in [4.69, 9.17) is 20.7 Å². The van der Waals surface area contributed by atoms with Gasteiger partial charge in [-0.05, 0) is 30.0 Å². The minimum atomic E-state index is -1.53. The summed E-state index contributed by atoms with van der Waals surface area (Å²) in [6.07, 6.45) is 2.51. The summed E-state index contributed by atoms with van der Waals surface area (Å²) < 4.78 is 6.36. The normalized spacial score (nSPS) is 22.2. The van der Waals surface area contributed by atoms with E-state index in [1.807, 2.05) is 0 Å². The Labute approximate surface area is 215 Å². The zero-order valence-electron chi connectivity index (χ0n) is 17.5. The van der Waals surface area contributed by atoms with Crippen molar-refractivity contribution in [3.05, 3.63) is 40.7 Å². The van der Waals surface area contributed by atoms with E-state index in [9.17, 15) is 19.2 Å². The first kappa shape index (κ1) is 25.2. The molecular formula is C18H18N6O7S4. The number of aliphatic carboxylic acids is 1. The summed E-state index contributed by atoms with van der Waals surface area (Å²) in [5.41, 5.74) is 5.93. The molecule has 1 unspecified atom stereocenters. The number of carbonyl (C=O) groups is 4. The molecule has 3 aliphatic rings. The molecule has 3 atom stereocenters. The second kappa shape index (κ2) is 10.8. The topological polar surface area (TPSA) is 187 Å². The van der Waals surface area contributed by atoms with Gasteiger partial charge in [0.2, 0.25) is 11.8 Å². The number of anilines is 1. The van der Waals surface area contributed by atoms with Crippen LogP contribution in [0, 0.1) is 5.92 Å². The molecule has 0 saturated carbocycles. The number of amides is 2. The second-order valence-electron chi connectivity index (χ2n) is 6.97. The lowest BCUT2D eigenvalue weighted by atomic mass is 9.97. The SMILES string of the molecule is Nc1nc(C(=CCC(=O)O)C(=O)NC(SN2C=CSN2)[C@H]2C(=O)N3C(OC(=O)O)=CCS[C@@H]23)cs1. The summed E-state index contributed by atoms with van der Waals surface area (Å²) in [4.78, 5) is 56.8. The van der Waals surface area contributed by atoms with E-state index < -0.39 is 47.0 Å². The van der Waals surface area contributed by atoms with E-state index >= 15 is 0 Å². The van der Waals surface area contributed by atoms with E-state index in [0.717, 1.165) is 23.3 Å². The highest BCUT2D eigenvalue weighted by atomic mass is 32.2. The van der Waals surface area contributed by atoms with Crippen molar-refractivity contribution in [3.63, 3.8) is 0 Å². The molecular weight excluding hydrogens is 541 g/mol. The first-order valence-electron chi connectivity index (χ1n) is 9.78. The number of nitrogens with one attached hydrogen (secondary N) is 2. The molecule has 6 N–H and O–H groups in total. The number of carbonyl (C=O) groups excluding carboxylic acids is 2. The van der Waals surface area contributed by atoms with Gasteiger partial charge in [-0.25, -0.2) is 14.2 Å². The number of hydrazine groups is 1. The third-order valence-electron chi connectivity index (χ3n) is 4.80. The first-order chi connectivity index (χ1) is 16.7. The Bertz CT molecular complexity index is 1140. The van der Waals surface area contributed by atoms with Crippen LogP contribution < -0.4 is 15.9 Å². The van der Waals surface area contributed by atoms with Gasteiger partial charge in [0.05, 0.1) is 17.7 Å². The lowest BCUT2D eigenvalue weighted by molar-refractivity contribution is -0.151. The minimum absolute atomic E-state index is 0.0139. The van der Waals surface area contributed by atoms with Crippen LogP contribution in [-0.2, 0) is 19.1 Å². The molecule has 0 radical (unpaired) electrons. The molecule has 4 heterocycles. The summed E-state index contributed by atoms with van der Waals surface area (Å²) >= 11 is 4.94. The standard InChI is InChI=1S/C18H18N6O7S4/c19-17-20-9(7-33-17)8(1-2-11(25)26)13(27)21-14(35-23-4-6-34-22-23)12-15(28)24-10(31-18(29)30)3-5-32-16(12)24/h1,3-4,6-7,12,14,16,22H,2,5H2,(H2,19,20)(H,21,27)(H,25,26)(H,29,30)/t12-,14?,16-/m0/s1. The van der Waals surface area contributed by atoms with Crippen molar-refractivity contribution in [1.29, 1.82) is 0 Å². The Morgan fingerprint density at radius 1 is 1.43 bits per heavy atom. The van der Waals surface area contributed by atoms with Crippen LogP contribution in [0.15, 0.2) is 35.0 Å². The van der Waals surface area contributed by atoms with Gasteiger partial charge in [0, 0.05) is 22.7 Å². The second-order valence-corrected chi connectivity index (χ2v) is 10.8. The molecule has 17 heteroatoms. The van der Waals surface area contributed by atoms with Gasteiger partial charge >= 0.3 is 12.1 Å². The van der Waals surface area contributed by atoms with Crippen molar-refractivity contribution in [3.8, 4) is 0 Å². The third-order valence-corrected chi connectivity index (χ3v) is 8.43. The van der Waals surface area contributed by atoms with E-state index in [1.165, 1.54) is 40.8 Å². The van der Waals surface area contributed by atoms with Crippen molar-refractivity contribution in [2.45, 2.75) is 17.2 Å². The average molecular weight is 559 g/mol. The highest BCUT2D eigenvalue weighted by molar-refractivity contribution is 8.03. The van der Waals surface area contributed by atoms with Crippen LogP contribution in [0.2, 0.25) is 0 Å². The maximum Gasteiger partial charge on any atom is 0.512 e. The Morgan fingerprint density at radius 2 is 2.23 bits per heavy atom. The van der Waals surface area contributed by atoms with Crippen molar-refractivity contribution >= 4 is 81.6 Å². The molecule has 0 aliphatic carbocycles. The molecule has 1 fully saturated rings. The molecule has 0 aromatic carbocycles. The van der Waals surface area contributed by atoms with E-state index in [-0.39, 0.29) is 22.3 Å². The van der Waals surface area contributed by atoms with Gasteiger partial charge in [-0.15, -0.1) is 23.1 Å². The number of thioether (sulfide) groups is 1. The van der Waals surface area contributed by atoms with Crippen LogP contribution in [0.4, 0.5) is 9.93 Å². The molecule has 0 spiro atoms. The number of aromatic nitrogens is 1. The van der Waals surface area contributed by atoms with Crippen molar-refractivity contribution in [2.75, 3.05) is 11.5 Å². The predicted octanol–water partition coefficient (Wildman–Crippen LogP) is 1.68. The Balaban J connectivity index is 1.58. The number of fused-ring (bicyclic) bond motifs is 1. The predicted molar refractivity (Wildman–Crippen MR) is 132 cm³/mol. The monoisotopic (exact) mass is 558 g/mol. The zero-order valence-corrected chi connectivity index (χ0v) is 20.8. The van der Waals surface area contributed by atoms with Gasteiger partial charge in [0.15, 0.2) is 5.13 Å². The van der Waals surface area contributed by atoms with Gasteiger partial charge in [0.1, 0.15) is 16.7 Å². The Kier molecular flexibility index (Phi) is 7.80. The highest BCUT2D eigenvalue weighted by Crippen LogP contribution is 2.46. The Morgan fingerprint density at radius 3 is 2.86 bits per heavy atom. The molecule has 2 amide bonds. The molecule has 4 rings (SSSR count). The van der Waals surface area contributed by atoms with Crippen LogP contribution in [0.25, 0.3) is 5.57 Å². The molecule has 35 heavy (non-hydrogen) atoms. The highest BCUT2D eigenvalue weighted by Gasteiger charge is 2.56. The molecule has 3 aliphatic heterocycles. The van der Waals surface area contributed by atoms with Gasteiger partial charge in [-0.2, -0.15) is 4.83 Å².